The van der Waals surface area contributed by atoms with E-state index in [1.165, 1.54) is 11.8 Å². The third-order valence-corrected chi connectivity index (χ3v) is 4.27. The van der Waals surface area contributed by atoms with E-state index in [4.69, 9.17) is 4.74 Å². The Labute approximate surface area is 153 Å². The van der Waals surface area contributed by atoms with E-state index in [0.29, 0.717) is 17.8 Å². The molecule has 0 N–H and O–H groups in total. The fraction of sp³-hybridized carbons (Fsp3) is 0.421. The summed E-state index contributed by atoms with van der Waals surface area (Å²) in [4.78, 5) is 16.1. The third kappa shape index (κ3) is 6.38. The Morgan fingerprint density at radius 2 is 2.00 bits per heavy atom. The number of hydrogen-bond donors (Lipinski definition) is 0. The number of thioether (sulfide) groups is 1. The van der Waals surface area contributed by atoms with Gasteiger partial charge in [-0.05, 0) is 25.0 Å². The molecule has 2 aromatic rings. The number of ether oxygens (including phenoxy) is 1. The van der Waals surface area contributed by atoms with Gasteiger partial charge in [-0.15, -0.1) is 0 Å². The Kier molecular flexibility index (Phi) is 8.25. The van der Waals surface area contributed by atoms with Gasteiger partial charge in [0.1, 0.15) is 0 Å². The second-order valence-electron chi connectivity index (χ2n) is 5.58. The molecule has 5 nitrogen and oxygen atoms in total. The number of hydrogen-bond acceptors (Lipinski definition) is 4. The first-order chi connectivity index (χ1) is 12.2. The minimum absolute atomic E-state index is 0.184. The van der Waals surface area contributed by atoms with Crippen molar-refractivity contribution in [3.63, 3.8) is 0 Å². The molecule has 2 rings (SSSR count). The van der Waals surface area contributed by atoms with E-state index < -0.39 is 0 Å². The van der Waals surface area contributed by atoms with Gasteiger partial charge < -0.3 is 4.74 Å². The van der Waals surface area contributed by atoms with Crippen LogP contribution in [0.4, 0.5) is 4.79 Å². The summed E-state index contributed by atoms with van der Waals surface area (Å²) in [6.45, 7) is 4.77. The number of amides is 1. The fourth-order valence-corrected chi connectivity index (χ4v) is 2.87. The van der Waals surface area contributed by atoms with Crippen molar-refractivity contribution in [2.75, 3.05) is 12.4 Å². The van der Waals surface area contributed by atoms with E-state index in [9.17, 15) is 4.79 Å². The summed E-state index contributed by atoms with van der Waals surface area (Å²) < 4.78 is 7.51. The number of carbonyl (C=O) groups excluding carboxylic acids is 1. The molecule has 0 unspecified atom stereocenters. The lowest BCUT2D eigenvalue weighted by molar-refractivity contribution is 0.267. The van der Waals surface area contributed by atoms with E-state index in [0.717, 1.165) is 37.1 Å². The van der Waals surface area contributed by atoms with Gasteiger partial charge in [0.25, 0.3) is 0 Å². The number of unbranched alkanes of at least 4 members (excludes halogenated alkanes) is 2. The van der Waals surface area contributed by atoms with Gasteiger partial charge in [-0.3, -0.25) is 4.79 Å². The molecule has 134 valence electrons. The summed E-state index contributed by atoms with van der Waals surface area (Å²) >= 11 is 1.25. The molecular weight excluding hydrogens is 334 g/mol. The Morgan fingerprint density at radius 1 is 1.20 bits per heavy atom. The first-order valence-electron chi connectivity index (χ1n) is 8.73. The van der Waals surface area contributed by atoms with Crippen LogP contribution in [0.1, 0.15) is 39.5 Å². The normalized spacial score (nSPS) is 11.5. The highest BCUT2D eigenvalue weighted by Crippen LogP contribution is 2.15. The smallest absolute Gasteiger partial charge is 0.305 e. The molecule has 0 bridgehead atoms. The van der Waals surface area contributed by atoms with E-state index >= 15 is 0 Å². The van der Waals surface area contributed by atoms with Crippen molar-refractivity contribution in [3.8, 4) is 11.6 Å². The topological polar surface area (TPSA) is 56.5 Å². The van der Waals surface area contributed by atoms with Crippen molar-refractivity contribution in [1.29, 1.82) is 0 Å². The van der Waals surface area contributed by atoms with Crippen LogP contribution in [0.5, 0.6) is 5.88 Å². The summed E-state index contributed by atoms with van der Waals surface area (Å²) in [5, 5.41) is 4.74. The minimum atomic E-state index is -0.184. The van der Waals surface area contributed by atoms with E-state index in [-0.39, 0.29) is 5.24 Å². The quantitative estimate of drug-likeness (QED) is 0.646. The molecule has 0 aliphatic carbocycles. The molecule has 0 aliphatic heterocycles. The maximum Gasteiger partial charge on any atom is 0.305 e. The third-order valence-electron chi connectivity index (χ3n) is 3.43. The number of para-hydroxylation sites is 1. The number of aromatic nitrogens is 2. The molecule has 0 atom stereocenters. The van der Waals surface area contributed by atoms with Crippen molar-refractivity contribution in [2.24, 2.45) is 4.99 Å². The maximum atomic E-state index is 12.0. The first-order valence-corrected chi connectivity index (χ1v) is 9.72. The average molecular weight is 359 g/mol. The Bertz CT molecular complexity index is 729. The number of benzene rings is 1. The molecular formula is C19H25N3O2S. The summed E-state index contributed by atoms with van der Waals surface area (Å²) in [6, 6.07) is 11.5. The molecule has 1 heterocycles. The van der Waals surface area contributed by atoms with E-state index in [1.54, 1.807) is 16.9 Å². The summed E-state index contributed by atoms with van der Waals surface area (Å²) in [5.41, 5.74) is 0.903. The molecule has 1 aromatic carbocycles. The number of rotatable bonds is 8. The van der Waals surface area contributed by atoms with Crippen LogP contribution in [0, 0.1) is 0 Å². The summed E-state index contributed by atoms with van der Waals surface area (Å²) in [5.74, 6) is 1.39. The van der Waals surface area contributed by atoms with Gasteiger partial charge in [0.15, 0.2) is 0 Å². The first kappa shape index (κ1) is 19.2. The Hall–Kier alpha value is -2.08. The van der Waals surface area contributed by atoms with Crippen molar-refractivity contribution in [3.05, 3.63) is 48.0 Å². The van der Waals surface area contributed by atoms with Crippen molar-refractivity contribution in [1.82, 2.24) is 9.78 Å². The highest BCUT2D eigenvalue weighted by molar-refractivity contribution is 8.13. The van der Waals surface area contributed by atoms with E-state index in [1.807, 2.05) is 37.3 Å². The van der Waals surface area contributed by atoms with Crippen LogP contribution in [-0.2, 0) is 0 Å². The summed E-state index contributed by atoms with van der Waals surface area (Å²) in [7, 11) is 0. The van der Waals surface area contributed by atoms with Gasteiger partial charge >= 0.3 is 5.24 Å². The van der Waals surface area contributed by atoms with Crippen LogP contribution in [-0.4, -0.2) is 27.4 Å². The van der Waals surface area contributed by atoms with E-state index in [2.05, 4.69) is 17.0 Å². The highest BCUT2D eigenvalue weighted by Gasteiger charge is 2.06. The van der Waals surface area contributed by atoms with Crippen LogP contribution >= 0.6 is 11.8 Å². The van der Waals surface area contributed by atoms with Crippen LogP contribution in [0.3, 0.4) is 0 Å². The second-order valence-corrected chi connectivity index (χ2v) is 6.63. The predicted octanol–water partition coefficient (Wildman–Crippen LogP) is 4.61. The lowest BCUT2D eigenvalue weighted by atomic mass is 10.3. The molecule has 0 radical (unpaired) electrons. The Morgan fingerprint density at radius 3 is 2.72 bits per heavy atom. The van der Waals surface area contributed by atoms with Crippen LogP contribution < -0.4 is 10.1 Å². The van der Waals surface area contributed by atoms with Gasteiger partial charge in [-0.2, -0.15) is 5.10 Å². The monoisotopic (exact) mass is 359 g/mol. The molecule has 0 spiro atoms. The zero-order valence-electron chi connectivity index (χ0n) is 14.9. The average Bonchev–Trinajstić information content (AvgIpc) is 2.64. The standard InChI is InChI=1S/C19H25N3O2S/c1-3-5-9-13-25-19(23)21-16-14-18(24-12-4-2)22(20-15-16)17-10-7-6-8-11-17/h6-8,10-11,14-15H,3-5,9,12-13H2,1-2H3. The second kappa shape index (κ2) is 10.7. The summed E-state index contributed by atoms with van der Waals surface area (Å²) in [6.07, 6.45) is 5.80. The number of carbonyl (C=O) groups is 1. The molecule has 6 heteroatoms. The van der Waals surface area contributed by atoms with Gasteiger partial charge in [-0.1, -0.05) is 56.7 Å². The molecule has 0 aliphatic rings. The zero-order chi connectivity index (χ0) is 17.9. The zero-order valence-corrected chi connectivity index (χ0v) is 15.7. The van der Waals surface area contributed by atoms with Crippen molar-refractivity contribution < 1.29 is 9.53 Å². The van der Waals surface area contributed by atoms with Crippen LogP contribution in [0.2, 0.25) is 0 Å². The van der Waals surface area contributed by atoms with Crippen LogP contribution in [0.15, 0.2) is 47.6 Å². The van der Waals surface area contributed by atoms with Gasteiger partial charge in [0.05, 0.1) is 23.8 Å². The molecule has 0 fully saturated rings. The van der Waals surface area contributed by atoms with Crippen LogP contribution in [0.25, 0.3) is 5.69 Å². The Balaban J connectivity index is 2.20. The molecule has 0 saturated heterocycles. The van der Waals surface area contributed by atoms with Gasteiger partial charge in [0.2, 0.25) is 5.88 Å². The van der Waals surface area contributed by atoms with Crippen molar-refractivity contribution in [2.45, 2.75) is 39.5 Å². The number of nitrogens with zero attached hydrogens (tertiary/aromatic N) is 3. The van der Waals surface area contributed by atoms with Gasteiger partial charge in [-0.25, -0.2) is 9.67 Å². The lowest BCUT2D eigenvalue weighted by Crippen LogP contribution is -2.15. The highest BCUT2D eigenvalue weighted by atomic mass is 32.2. The van der Waals surface area contributed by atoms with Crippen molar-refractivity contribution >= 4 is 17.0 Å². The largest absolute Gasteiger partial charge is 0.478 e. The van der Waals surface area contributed by atoms with Gasteiger partial charge in [0, 0.05) is 11.8 Å². The SMILES string of the molecule is CCCCCSC(=O)N=c1cnn(-c2ccccc2)c(OCCC)c1. The minimum Gasteiger partial charge on any atom is -0.478 e. The predicted molar refractivity (Wildman–Crippen MR) is 102 cm³/mol. The molecule has 1 amide bonds. The molecule has 25 heavy (non-hydrogen) atoms. The molecule has 1 aromatic heterocycles. The fourth-order valence-electron chi connectivity index (χ4n) is 2.18. The molecule has 0 saturated carbocycles. The maximum absolute atomic E-state index is 12.0. The lowest BCUT2D eigenvalue weighted by Gasteiger charge is -2.12.